The van der Waals surface area contributed by atoms with E-state index in [-0.39, 0.29) is 0 Å². The molecule has 0 saturated carbocycles. The van der Waals surface area contributed by atoms with E-state index in [0.29, 0.717) is 30.0 Å². The van der Waals surface area contributed by atoms with E-state index in [9.17, 15) is 0 Å². The molecule has 0 amide bonds. The maximum atomic E-state index is 5.78. The summed E-state index contributed by atoms with van der Waals surface area (Å²) in [6.45, 7) is 0.434. The van der Waals surface area contributed by atoms with Crippen LogP contribution in [-0.4, -0.2) is 20.1 Å². The summed E-state index contributed by atoms with van der Waals surface area (Å²) in [6, 6.07) is 20.5. The minimum absolute atomic E-state index is 0.420. The van der Waals surface area contributed by atoms with Crippen LogP contribution in [0.3, 0.4) is 0 Å². The first-order valence-corrected chi connectivity index (χ1v) is 10.4. The first-order valence-electron chi connectivity index (χ1n) is 9.47. The molecule has 0 aliphatic rings. The lowest BCUT2D eigenvalue weighted by atomic mass is 10.2. The summed E-state index contributed by atoms with van der Waals surface area (Å²) >= 11 is 1.55. The molecule has 5 rings (SSSR count). The molecule has 0 radical (unpaired) electrons. The fourth-order valence-electron chi connectivity index (χ4n) is 2.83. The maximum Gasteiger partial charge on any atom is 0.258 e. The van der Waals surface area contributed by atoms with Crippen molar-refractivity contribution in [1.82, 2.24) is 20.1 Å². The quantitative estimate of drug-likeness (QED) is 0.332. The van der Waals surface area contributed by atoms with Gasteiger partial charge in [0.1, 0.15) is 18.1 Å². The molecule has 0 fully saturated rings. The summed E-state index contributed by atoms with van der Waals surface area (Å²) in [5.41, 5.74) is 4.24. The molecular weight excluding hydrogens is 412 g/mol. The molecule has 8 heteroatoms. The zero-order valence-corrected chi connectivity index (χ0v) is 17.0. The van der Waals surface area contributed by atoms with Crippen LogP contribution in [0.4, 0.5) is 0 Å². The van der Waals surface area contributed by atoms with Crippen molar-refractivity contribution in [2.75, 3.05) is 0 Å². The lowest BCUT2D eigenvalue weighted by molar-refractivity contribution is 0.302. The Hall–Kier alpha value is -4.04. The molecule has 0 aliphatic carbocycles. The second-order valence-electron chi connectivity index (χ2n) is 6.51. The van der Waals surface area contributed by atoms with Crippen molar-refractivity contribution in [3.63, 3.8) is 0 Å². The molecule has 31 heavy (non-hydrogen) atoms. The SMILES string of the molecule is c1ccc(Oc2cc(-c3noc(-c4ccc(OCc5cscn5)cc4)n3)ccn2)cc1. The Labute approximate surface area is 182 Å². The van der Waals surface area contributed by atoms with Crippen LogP contribution in [0.5, 0.6) is 17.4 Å². The van der Waals surface area contributed by atoms with E-state index >= 15 is 0 Å². The Morgan fingerprint density at radius 1 is 0.871 bits per heavy atom. The monoisotopic (exact) mass is 428 g/mol. The van der Waals surface area contributed by atoms with E-state index in [1.165, 1.54) is 0 Å². The van der Waals surface area contributed by atoms with Gasteiger partial charge in [0, 0.05) is 28.8 Å². The summed E-state index contributed by atoms with van der Waals surface area (Å²) < 4.78 is 17.0. The minimum atomic E-state index is 0.420. The van der Waals surface area contributed by atoms with Crippen LogP contribution in [0, 0.1) is 0 Å². The van der Waals surface area contributed by atoms with E-state index in [2.05, 4.69) is 20.1 Å². The van der Waals surface area contributed by atoms with E-state index in [0.717, 1.165) is 22.6 Å². The Morgan fingerprint density at radius 3 is 2.55 bits per heavy atom. The van der Waals surface area contributed by atoms with Crippen molar-refractivity contribution in [2.45, 2.75) is 6.61 Å². The summed E-state index contributed by atoms with van der Waals surface area (Å²) in [6.07, 6.45) is 1.65. The molecule has 3 aromatic heterocycles. The highest BCUT2D eigenvalue weighted by Gasteiger charge is 2.12. The number of hydrogen-bond donors (Lipinski definition) is 0. The Balaban J connectivity index is 1.29. The zero-order valence-electron chi connectivity index (χ0n) is 16.2. The number of pyridine rings is 1. The van der Waals surface area contributed by atoms with Crippen molar-refractivity contribution in [3.05, 3.63) is 89.5 Å². The third-order valence-electron chi connectivity index (χ3n) is 4.36. The van der Waals surface area contributed by atoms with Crippen LogP contribution in [0.1, 0.15) is 5.69 Å². The molecule has 0 unspecified atom stereocenters. The van der Waals surface area contributed by atoms with Gasteiger partial charge in [-0.2, -0.15) is 4.98 Å². The fourth-order valence-corrected chi connectivity index (χ4v) is 3.37. The molecule has 0 N–H and O–H groups in total. The zero-order chi connectivity index (χ0) is 20.9. The van der Waals surface area contributed by atoms with Crippen molar-refractivity contribution < 1.29 is 14.0 Å². The second kappa shape index (κ2) is 8.76. The summed E-state index contributed by atoms with van der Waals surface area (Å²) in [5, 5.41) is 6.06. The van der Waals surface area contributed by atoms with Crippen LogP contribution in [0.25, 0.3) is 22.8 Å². The van der Waals surface area contributed by atoms with Crippen LogP contribution in [0.15, 0.2) is 88.3 Å². The Bertz CT molecular complexity index is 1260. The Kier molecular flexibility index (Phi) is 5.36. The van der Waals surface area contributed by atoms with Gasteiger partial charge < -0.3 is 14.0 Å². The predicted molar refractivity (Wildman–Crippen MR) is 116 cm³/mol. The number of thiazole rings is 1. The molecule has 5 aromatic rings. The number of rotatable bonds is 7. The second-order valence-corrected chi connectivity index (χ2v) is 7.23. The molecule has 152 valence electrons. The van der Waals surface area contributed by atoms with Gasteiger partial charge in [0.25, 0.3) is 5.89 Å². The summed E-state index contributed by atoms with van der Waals surface area (Å²) in [7, 11) is 0. The van der Waals surface area contributed by atoms with Crippen molar-refractivity contribution >= 4 is 11.3 Å². The number of hydrogen-bond acceptors (Lipinski definition) is 8. The third-order valence-corrected chi connectivity index (χ3v) is 4.99. The molecule has 0 bridgehead atoms. The smallest absolute Gasteiger partial charge is 0.258 e. The topological polar surface area (TPSA) is 83.2 Å². The normalized spacial score (nSPS) is 10.7. The molecule has 0 atom stereocenters. The lowest BCUT2D eigenvalue weighted by Crippen LogP contribution is -1.95. The highest BCUT2D eigenvalue weighted by atomic mass is 32.1. The number of ether oxygens (including phenoxy) is 2. The maximum absolute atomic E-state index is 5.78. The minimum Gasteiger partial charge on any atom is -0.487 e. The van der Waals surface area contributed by atoms with Crippen LogP contribution in [-0.2, 0) is 6.61 Å². The third kappa shape index (κ3) is 4.59. The predicted octanol–water partition coefficient (Wildman–Crippen LogP) is 5.63. The van der Waals surface area contributed by atoms with Gasteiger partial charge in [-0.3, -0.25) is 0 Å². The molecule has 2 aromatic carbocycles. The van der Waals surface area contributed by atoms with Crippen molar-refractivity contribution in [3.8, 4) is 40.2 Å². The van der Waals surface area contributed by atoms with Crippen LogP contribution >= 0.6 is 11.3 Å². The molecule has 0 saturated heterocycles. The van der Waals surface area contributed by atoms with Crippen LogP contribution < -0.4 is 9.47 Å². The first kappa shape index (κ1) is 19.0. The van der Waals surface area contributed by atoms with Gasteiger partial charge in [-0.25, -0.2) is 9.97 Å². The van der Waals surface area contributed by atoms with Gasteiger partial charge >= 0.3 is 0 Å². The van der Waals surface area contributed by atoms with Crippen molar-refractivity contribution in [2.24, 2.45) is 0 Å². The first-order chi connectivity index (χ1) is 15.3. The van der Waals surface area contributed by atoms with Gasteiger partial charge in [0.2, 0.25) is 11.7 Å². The van der Waals surface area contributed by atoms with Gasteiger partial charge in [0.05, 0.1) is 11.2 Å². The number of nitrogens with zero attached hydrogens (tertiary/aromatic N) is 4. The Morgan fingerprint density at radius 2 is 1.74 bits per heavy atom. The van der Waals surface area contributed by atoms with Gasteiger partial charge in [-0.1, -0.05) is 23.4 Å². The lowest BCUT2D eigenvalue weighted by Gasteiger charge is -2.04. The number of para-hydroxylation sites is 1. The largest absolute Gasteiger partial charge is 0.487 e. The average Bonchev–Trinajstić information content (AvgIpc) is 3.52. The van der Waals surface area contributed by atoms with E-state index in [4.69, 9.17) is 14.0 Å². The number of benzene rings is 2. The summed E-state index contributed by atoms with van der Waals surface area (Å²) in [5.74, 6) is 2.78. The molecule has 0 aliphatic heterocycles. The number of aromatic nitrogens is 4. The van der Waals surface area contributed by atoms with E-state index < -0.39 is 0 Å². The highest BCUT2D eigenvalue weighted by Crippen LogP contribution is 2.27. The van der Waals surface area contributed by atoms with E-state index in [1.807, 2.05) is 66.0 Å². The molecule has 0 spiro atoms. The molecule has 3 heterocycles. The fraction of sp³-hybridized carbons (Fsp3) is 0.0435. The molecular formula is C23H16N4O3S. The van der Waals surface area contributed by atoms with Crippen LogP contribution in [0.2, 0.25) is 0 Å². The van der Waals surface area contributed by atoms with Gasteiger partial charge in [-0.05, 0) is 42.5 Å². The molecule has 7 nitrogen and oxygen atoms in total. The van der Waals surface area contributed by atoms with Gasteiger partial charge in [0.15, 0.2) is 0 Å². The summed E-state index contributed by atoms with van der Waals surface area (Å²) in [4.78, 5) is 13.0. The van der Waals surface area contributed by atoms with Gasteiger partial charge in [-0.15, -0.1) is 11.3 Å². The standard InChI is InChI=1S/C23H16N4O3S/c1-2-4-20(5-3-1)29-21-12-17(10-11-24-21)22-26-23(30-27-22)16-6-8-19(9-7-16)28-13-18-14-31-15-25-18/h1-12,14-15H,13H2. The van der Waals surface area contributed by atoms with Crippen molar-refractivity contribution in [1.29, 1.82) is 0 Å². The highest BCUT2D eigenvalue weighted by molar-refractivity contribution is 7.07. The average molecular weight is 428 g/mol. The van der Waals surface area contributed by atoms with E-state index in [1.54, 1.807) is 29.1 Å².